The van der Waals surface area contributed by atoms with Crippen molar-refractivity contribution in [3.63, 3.8) is 0 Å². The van der Waals surface area contributed by atoms with Crippen LogP contribution in [0, 0.1) is 18.6 Å². The predicted octanol–water partition coefficient (Wildman–Crippen LogP) is 11.9. The molecule has 2 atom stereocenters. The number of para-hydroxylation sites is 1. The minimum absolute atomic E-state index is 0.161. The van der Waals surface area contributed by atoms with Gasteiger partial charge in [0.05, 0.1) is 33.0 Å². The maximum absolute atomic E-state index is 12.3. The second-order valence-electron chi connectivity index (χ2n) is 17.9. The van der Waals surface area contributed by atoms with Crippen molar-refractivity contribution in [2.45, 2.75) is 131 Å². The van der Waals surface area contributed by atoms with E-state index in [-0.39, 0.29) is 6.54 Å². The molecule has 0 bridgehead atoms. The van der Waals surface area contributed by atoms with Gasteiger partial charge < -0.3 is 52.5 Å². The lowest BCUT2D eigenvalue weighted by Gasteiger charge is -2.25. The molecule has 0 radical (unpaired) electrons. The van der Waals surface area contributed by atoms with Gasteiger partial charge in [0, 0.05) is 63.0 Å². The second-order valence-corrected chi connectivity index (χ2v) is 17.9. The number of morpholine rings is 1. The van der Waals surface area contributed by atoms with Gasteiger partial charge in [0.1, 0.15) is 28.9 Å². The summed E-state index contributed by atoms with van der Waals surface area (Å²) < 4.78 is 45.6. The molecule has 2 aliphatic heterocycles. The minimum Gasteiger partial charge on any atom is -0.497 e. The molecule has 2 heterocycles. The first-order valence-electron chi connectivity index (χ1n) is 26.3. The summed E-state index contributed by atoms with van der Waals surface area (Å²) in [5.74, 6) is 1.34. The van der Waals surface area contributed by atoms with Gasteiger partial charge in [0.2, 0.25) is 0 Å². The van der Waals surface area contributed by atoms with Crippen molar-refractivity contribution in [3.05, 3.63) is 196 Å². The standard InChI is InChI=1S/C9H13NO2.C9H13NO.C9H11N.C9H12.C8H11N.C7H7F2N.C6H13NO.C5H10/c1-11-8-3-4-9(12-2)7(5-8)6-10;1-2-11-9-6-4-3-5-8(9)7-10;1-2-4-9-7-10-6-5-8(9)3-1;1-2-6-9-7-4-3-5-8-9;1-7-4-2-3-5-8(7)6-9;8-6-1-5(4-10)2-7(9)3-6;1-5-3-7-4-6(2)8-5;1-2-4-5-3-1/h3-5H,6,10H2,1-2H3;3-6H,2,7,10H2,1H3;1-4,10H,5-7H2;3-5,7-8H,2,6H2,1H3;2-5H,6,9H2,1H3;1-3H,4,10H2;5-7H,3-4H2,1-2H3;1-5H2. The largest absolute Gasteiger partial charge is 0.497 e. The molecule has 3 aliphatic rings. The van der Waals surface area contributed by atoms with E-state index in [1.165, 1.54) is 91.3 Å². The lowest BCUT2D eigenvalue weighted by molar-refractivity contribution is -0.0166. The first-order chi connectivity index (χ1) is 35.9. The van der Waals surface area contributed by atoms with Crippen LogP contribution < -0.4 is 47.8 Å². The monoisotopic (exact) mass is 1020 g/mol. The number of nitrogens with two attached hydrogens (primary N) is 4. The maximum Gasteiger partial charge on any atom is 0.126 e. The molecule has 0 amide bonds. The number of ether oxygens (including phenoxy) is 4. The Morgan fingerprint density at radius 2 is 1.11 bits per heavy atom. The van der Waals surface area contributed by atoms with Crippen LogP contribution in [0.15, 0.2) is 140 Å². The molecule has 1 saturated heterocycles. The number of methoxy groups -OCH3 is 2. The average Bonchev–Trinajstić information content (AvgIpc) is 4.03. The van der Waals surface area contributed by atoms with E-state index in [0.717, 1.165) is 60.6 Å². The molecule has 10 nitrogen and oxygen atoms in total. The molecule has 2 unspecified atom stereocenters. The van der Waals surface area contributed by atoms with Crippen molar-refractivity contribution in [2.24, 2.45) is 22.9 Å². The summed E-state index contributed by atoms with van der Waals surface area (Å²) in [6.07, 6.45) is 11.9. The smallest absolute Gasteiger partial charge is 0.126 e. The van der Waals surface area contributed by atoms with Crippen molar-refractivity contribution in [3.8, 4) is 17.2 Å². The van der Waals surface area contributed by atoms with Gasteiger partial charge in [0.25, 0.3) is 0 Å². The van der Waals surface area contributed by atoms with E-state index in [9.17, 15) is 8.78 Å². The van der Waals surface area contributed by atoms with Crippen LogP contribution in [0.3, 0.4) is 0 Å². The zero-order valence-corrected chi connectivity index (χ0v) is 45.7. The SMILES string of the molecule is C1CCCC1.CC1CNCC(C)O1.CCCc1ccccc1.CCOc1ccccc1CN.COc1ccc(OC)c(CN)c1.Cc1ccccc1CN.NCc1cc(F)cc(F)c1.c1ccc2c(c1)CCNC2. The third kappa shape index (κ3) is 28.1. The Hall–Kier alpha value is -5.70. The van der Waals surface area contributed by atoms with Crippen molar-refractivity contribution in [1.82, 2.24) is 10.6 Å². The molecule has 9 rings (SSSR count). The van der Waals surface area contributed by atoms with Crippen LogP contribution in [-0.2, 0) is 50.3 Å². The molecule has 406 valence electrons. The molecule has 0 spiro atoms. The van der Waals surface area contributed by atoms with Crippen molar-refractivity contribution >= 4 is 0 Å². The van der Waals surface area contributed by atoms with Crippen LogP contribution in [0.5, 0.6) is 17.2 Å². The molecule has 1 aliphatic carbocycles. The molecule has 74 heavy (non-hydrogen) atoms. The molecule has 6 aromatic rings. The normalized spacial score (nSPS) is 14.8. The highest BCUT2D eigenvalue weighted by atomic mass is 19.1. The average molecular weight is 1020 g/mol. The number of rotatable bonds is 10. The van der Waals surface area contributed by atoms with Gasteiger partial charge in [-0.25, -0.2) is 8.78 Å². The van der Waals surface area contributed by atoms with Crippen LogP contribution in [-0.4, -0.2) is 52.7 Å². The van der Waals surface area contributed by atoms with E-state index in [1.54, 1.807) is 14.2 Å². The third-order valence-electron chi connectivity index (χ3n) is 11.8. The maximum atomic E-state index is 12.3. The Balaban J connectivity index is 0.000000292. The first-order valence-corrected chi connectivity index (χ1v) is 26.3. The van der Waals surface area contributed by atoms with Crippen molar-refractivity contribution in [1.29, 1.82) is 0 Å². The quantitative estimate of drug-likeness (QED) is 0.0778. The fraction of sp³-hybridized carbons (Fsp3) is 0.419. The predicted molar refractivity (Wildman–Crippen MR) is 305 cm³/mol. The fourth-order valence-corrected chi connectivity index (χ4v) is 7.80. The highest BCUT2D eigenvalue weighted by Crippen LogP contribution is 2.23. The zero-order chi connectivity index (χ0) is 54.2. The first kappa shape index (κ1) is 64.4. The summed E-state index contributed by atoms with van der Waals surface area (Å²) in [5, 5.41) is 6.60. The molecule has 12 heteroatoms. The van der Waals surface area contributed by atoms with E-state index < -0.39 is 11.6 Å². The van der Waals surface area contributed by atoms with Crippen LogP contribution >= 0.6 is 0 Å². The summed E-state index contributed by atoms with van der Waals surface area (Å²) in [6, 6.07) is 44.0. The summed E-state index contributed by atoms with van der Waals surface area (Å²) in [4.78, 5) is 0. The molecular formula is C62H90F2N6O4. The lowest BCUT2D eigenvalue weighted by atomic mass is 10.0. The Morgan fingerprint density at radius 3 is 1.59 bits per heavy atom. The topological polar surface area (TPSA) is 165 Å². The van der Waals surface area contributed by atoms with E-state index >= 15 is 0 Å². The minimum atomic E-state index is -0.583. The van der Waals surface area contributed by atoms with Gasteiger partial charge in [-0.1, -0.05) is 143 Å². The number of benzene rings is 6. The van der Waals surface area contributed by atoms with Crippen molar-refractivity contribution < 1.29 is 27.7 Å². The summed E-state index contributed by atoms with van der Waals surface area (Å²) in [6.45, 7) is 17.1. The van der Waals surface area contributed by atoms with E-state index in [1.807, 2.05) is 61.5 Å². The van der Waals surface area contributed by atoms with Crippen molar-refractivity contribution in [2.75, 3.05) is 40.5 Å². The Kier molecular flexibility index (Phi) is 35.4. The number of aryl methyl sites for hydroxylation is 2. The van der Waals surface area contributed by atoms with Gasteiger partial charge in [-0.3, -0.25) is 0 Å². The van der Waals surface area contributed by atoms with Crippen LogP contribution in [0.25, 0.3) is 0 Å². The summed E-state index contributed by atoms with van der Waals surface area (Å²) in [7, 11) is 3.25. The number of hydrogen-bond donors (Lipinski definition) is 6. The van der Waals surface area contributed by atoms with Crippen LogP contribution in [0.1, 0.15) is 111 Å². The van der Waals surface area contributed by atoms with Gasteiger partial charge in [-0.05, 0) is 117 Å². The summed E-state index contributed by atoms with van der Waals surface area (Å²) >= 11 is 0. The molecule has 2 fully saturated rings. The highest BCUT2D eigenvalue weighted by Gasteiger charge is 2.13. The van der Waals surface area contributed by atoms with E-state index in [4.69, 9.17) is 41.9 Å². The van der Waals surface area contributed by atoms with Gasteiger partial charge in [0.15, 0.2) is 0 Å². The number of halogens is 2. The van der Waals surface area contributed by atoms with E-state index in [0.29, 0.717) is 44.0 Å². The fourth-order valence-electron chi connectivity index (χ4n) is 7.80. The second kappa shape index (κ2) is 40.7. The third-order valence-corrected chi connectivity index (χ3v) is 11.8. The molecular weight excluding hydrogens is 931 g/mol. The van der Waals surface area contributed by atoms with Crippen LogP contribution in [0.4, 0.5) is 8.78 Å². The lowest BCUT2D eigenvalue weighted by Crippen LogP contribution is -2.41. The number of hydrogen-bond acceptors (Lipinski definition) is 10. The van der Waals surface area contributed by atoms with Crippen LogP contribution in [0.2, 0.25) is 0 Å². The molecule has 0 aromatic heterocycles. The highest BCUT2D eigenvalue weighted by molar-refractivity contribution is 5.40. The number of fused-ring (bicyclic) bond motifs is 1. The Bertz CT molecular complexity index is 2270. The molecule has 6 aromatic carbocycles. The molecule has 1 saturated carbocycles. The van der Waals surface area contributed by atoms with Gasteiger partial charge in [-0.2, -0.15) is 0 Å². The van der Waals surface area contributed by atoms with Gasteiger partial charge >= 0.3 is 0 Å². The summed E-state index contributed by atoms with van der Waals surface area (Å²) in [5.41, 5.74) is 31.0. The van der Waals surface area contributed by atoms with Gasteiger partial charge in [-0.15, -0.1) is 0 Å². The number of nitrogens with one attached hydrogen (secondary N) is 2. The Morgan fingerprint density at radius 1 is 0.554 bits per heavy atom. The van der Waals surface area contributed by atoms with E-state index in [2.05, 4.69) is 105 Å². The zero-order valence-electron chi connectivity index (χ0n) is 45.7. The molecule has 10 N–H and O–H groups in total. The Labute approximate surface area is 443 Å².